The number of allylic oxidation sites excluding steroid dienone is 1. The first-order chi connectivity index (χ1) is 7.11. The quantitative estimate of drug-likeness (QED) is 0.748. The molecule has 1 aromatic rings. The van der Waals surface area contributed by atoms with Crippen LogP contribution in [-0.4, -0.2) is 11.1 Å². The summed E-state index contributed by atoms with van der Waals surface area (Å²) < 4.78 is 0. The summed E-state index contributed by atoms with van der Waals surface area (Å²) in [6, 6.07) is 9.34. The van der Waals surface area contributed by atoms with E-state index in [9.17, 15) is 9.90 Å². The average molecular weight is 204 g/mol. The van der Waals surface area contributed by atoms with Gasteiger partial charge in [-0.15, -0.1) is 6.58 Å². The molecule has 1 N–H and O–H groups in total. The smallest absolute Gasteiger partial charge is 0.313 e. The third-order valence-electron chi connectivity index (χ3n) is 2.73. The maximum Gasteiger partial charge on any atom is 0.313 e. The molecule has 2 heteroatoms. The normalized spacial score (nSPS) is 14.2. The summed E-state index contributed by atoms with van der Waals surface area (Å²) in [6.07, 6.45) is 3.04. The van der Waals surface area contributed by atoms with Crippen LogP contribution >= 0.6 is 0 Å². The summed E-state index contributed by atoms with van der Waals surface area (Å²) in [7, 11) is 0. The van der Waals surface area contributed by atoms with Crippen LogP contribution in [0.4, 0.5) is 0 Å². The van der Waals surface area contributed by atoms with E-state index in [0.29, 0.717) is 12.8 Å². The summed E-state index contributed by atoms with van der Waals surface area (Å²) >= 11 is 0. The third-order valence-corrected chi connectivity index (χ3v) is 2.73. The molecule has 0 aliphatic carbocycles. The Morgan fingerprint density at radius 3 is 2.53 bits per heavy atom. The van der Waals surface area contributed by atoms with Crippen molar-refractivity contribution in [2.75, 3.05) is 0 Å². The van der Waals surface area contributed by atoms with Crippen LogP contribution in [0.1, 0.15) is 25.3 Å². The molecule has 0 aromatic heterocycles. The Morgan fingerprint density at radius 1 is 1.47 bits per heavy atom. The number of aliphatic carboxylic acids is 1. The highest BCUT2D eigenvalue weighted by molar-refractivity contribution is 5.80. The second-order valence-corrected chi connectivity index (χ2v) is 3.83. The van der Waals surface area contributed by atoms with Crippen molar-refractivity contribution >= 4 is 5.97 Å². The molecule has 1 atom stereocenters. The molecule has 0 aliphatic rings. The van der Waals surface area contributed by atoms with Gasteiger partial charge in [0.1, 0.15) is 0 Å². The van der Waals surface area contributed by atoms with Crippen molar-refractivity contribution in [1.29, 1.82) is 0 Å². The second kappa shape index (κ2) is 4.78. The number of hydrogen-bond acceptors (Lipinski definition) is 1. The maximum absolute atomic E-state index is 11.3. The van der Waals surface area contributed by atoms with E-state index in [2.05, 4.69) is 6.58 Å². The van der Waals surface area contributed by atoms with Crippen LogP contribution in [0, 0.1) is 0 Å². The standard InChI is InChI=1S/C13H16O2/c1-3-4-10-13(2,12(14)15)11-8-6-5-7-9-11/h3,5-9H,1,4,10H2,2H3,(H,14,15). The molecule has 2 nitrogen and oxygen atoms in total. The van der Waals surface area contributed by atoms with Crippen molar-refractivity contribution < 1.29 is 9.90 Å². The van der Waals surface area contributed by atoms with E-state index in [4.69, 9.17) is 0 Å². The Balaban J connectivity index is 3.01. The van der Waals surface area contributed by atoms with Crippen LogP contribution in [0.5, 0.6) is 0 Å². The van der Waals surface area contributed by atoms with Crippen molar-refractivity contribution in [2.45, 2.75) is 25.2 Å². The molecule has 0 amide bonds. The van der Waals surface area contributed by atoms with E-state index < -0.39 is 11.4 Å². The zero-order valence-electron chi connectivity index (χ0n) is 8.94. The Hall–Kier alpha value is -1.57. The van der Waals surface area contributed by atoms with Crippen LogP contribution in [0.15, 0.2) is 43.0 Å². The van der Waals surface area contributed by atoms with Gasteiger partial charge in [-0.3, -0.25) is 4.79 Å². The predicted molar refractivity (Wildman–Crippen MR) is 60.9 cm³/mol. The topological polar surface area (TPSA) is 37.3 Å². The fourth-order valence-electron chi connectivity index (χ4n) is 1.57. The van der Waals surface area contributed by atoms with Gasteiger partial charge in [0.05, 0.1) is 5.41 Å². The molecule has 0 heterocycles. The molecule has 1 unspecified atom stereocenters. The predicted octanol–water partition coefficient (Wildman–Crippen LogP) is 3.00. The third kappa shape index (κ3) is 2.46. The summed E-state index contributed by atoms with van der Waals surface area (Å²) in [6.45, 7) is 5.38. The van der Waals surface area contributed by atoms with Gasteiger partial charge >= 0.3 is 5.97 Å². The highest BCUT2D eigenvalue weighted by Crippen LogP contribution is 2.29. The van der Waals surface area contributed by atoms with Gasteiger partial charge in [0.15, 0.2) is 0 Å². The zero-order chi connectivity index (χ0) is 11.3. The molecule has 1 rings (SSSR count). The van der Waals surface area contributed by atoms with Gasteiger partial charge in [-0.2, -0.15) is 0 Å². The van der Waals surface area contributed by atoms with Gasteiger partial charge in [-0.25, -0.2) is 0 Å². The molecule has 0 bridgehead atoms. The first-order valence-corrected chi connectivity index (χ1v) is 5.01. The molecule has 0 saturated carbocycles. The minimum Gasteiger partial charge on any atom is -0.481 e. The van der Waals surface area contributed by atoms with E-state index in [1.807, 2.05) is 30.3 Å². The van der Waals surface area contributed by atoms with E-state index in [1.165, 1.54) is 0 Å². The summed E-state index contributed by atoms with van der Waals surface area (Å²) in [4.78, 5) is 11.3. The van der Waals surface area contributed by atoms with Crippen molar-refractivity contribution in [3.63, 3.8) is 0 Å². The molecule has 0 fully saturated rings. The fourth-order valence-corrected chi connectivity index (χ4v) is 1.57. The molecule has 15 heavy (non-hydrogen) atoms. The molecule has 1 aromatic carbocycles. The molecular weight excluding hydrogens is 188 g/mol. The highest BCUT2D eigenvalue weighted by Gasteiger charge is 2.33. The first kappa shape index (κ1) is 11.5. The van der Waals surface area contributed by atoms with Crippen molar-refractivity contribution in [2.24, 2.45) is 0 Å². The van der Waals surface area contributed by atoms with Gasteiger partial charge in [0.25, 0.3) is 0 Å². The zero-order valence-corrected chi connectivity index (χ0v) is 8.94. The van der Waals surface area contributed by atoms with Gasteiger partial charge in [-0.1, -0.05) is 36.4 Å². The number of benzene rings is 1. The highest BCUT2D eigenvalue weighted by atomic mass is 16.4. The molecule has 0 radical (unpaired) electrons. The molecule has 0 aliphatic heterocycles. The Morgan fingerprint density at radius 2 is 2.07 bits per heavy atom. The number of carboxylic acid groups (broad SMARTS) is 1. The average Bonchev–Trinajstić information content (AvgIpc) is 2.27. The van der Waals surface area contributed by atoms with Crippen LogP contribution in [-0.2, 0) is 10.2 Å². The molecular formula is C13H16O2. The lowest BCUT2D eigenvalue weighted by atomic mass is 9.78. The Kier molecular flexibility index (Phi) is 3.67. The second-order valence-electron chi connectivity index (χ2n) is 3.83. The van der Waals surface area contributed by atoms with Crippen LogP contribution in [0.3, 0.4) is 0 Å². The largest absolute Gasteiger partial charge is 0.481 e. The SMILES string of the molecule is C=CCCC(C)(C(=O)O)c1ccccc1. The van der Waals surface area contributed by atoms with E-state index in [1.54, 1.807) is 13.0 Å². The van der Waals surface area contributed by atoms with Crippen LogP contribution in [0.2, 0.25) is 0 Å². The summed E-state index contributed by atoms with van der Waals surface area (Å²) in [5.41, 5.74) is 0.0366. The first-order valence-electron chi connectivity index (χ1n) is 5.01. The van der Waals surface area contributed by atoms with Gasteiger partial charge in [-0.05, 0) is 25.3 Å². The lowest BCUT2D eigenvalue weighted by molar-refractivity contribution is -0.143. The lowest BCUT2D eigenvalue weighted by Crippen LogP contribution is -2.32. The van der Waals surface area contributed by atoms with Gasteiger partial charge in [0, 0.05) is 0 Å². The fraction of sp³-hybridized carbons (Fsp3) is 0.308. The Bertz CT molecular complexity index is 343. The maximum atomic E-state index is 11.3. The number of carbonyl (C=O) groups is 1. The minimum absolute atomic E-state index is 0.579. The summed E-state index contributed by atoms with van der Waals surface area (Å²) in [5.74, 6) is -0.782. The van der Waals surface area contributed by atoms with Crippen LogP contribution < -0.4 is 0 Å². The minimum atomic E-state index is -0.810. The lowest BCUT2D eigenvalue weighted by Gasteiger charge is -2.24. The summed E-state index contributed by atoms with van der Waals surface area (Å²) in [5, 5.41) is 9.28. The van der Waals surface area contributed by atoms with Crippen molar-refractivity contribution in [1.82, 2.24) is 0 Å². The van der Waals surface area contributed by atoms with Gasteiger partial charge < -0.3 is 5.11 Å². The van der Waals surface area contributed by atoms with Gasteiger partial charge in [0.2, 0.25) is 0 Å². The molecule has 0 spiro atoms. The van der Waals surface area contributed by atoms with E-state index in [0.717, 1.165) is 5.56 Å². The van der Waals surface area contributed by atoms with E-state index in [-0.39, 0.29) is 0 Å². The monoisotopic (exact) mass is 204 g/mol. The Labute approximate surface area is 90.3 Å². The van der Waals surface area contributed by atoms with E-state index >= 15 is 0 Å². The number of hydrogen-bond donors (Lipinski definition) is 1. The molecule has 0 saturated heterocycles. The van der Waals surface area contributed by atoms with Crippen LogP contribution in [0.25, 0.3) is 0 Å². The van der Waals surface area contributed by atoms with Crippen molar-refractivity contribution in [3.05, 3.63) is 48.6 Å². The molecule has 80 valence electrons. The number of rotatable bonds is 5. The number of carboxylic acids is 1. The van der Waals surface area contributed by atoms with Crippen molar-refractivity contribution in [3.8, 4) is 0 Å².